The number of nitrogens with one attached hydrogen (secondary N) is 1. The largest absolute Gasteiger partial charge is 0.302 e. The van der Waals surface area contributed by atoms with E-state index in [4.69, 9.17) is 5.84 Å². The molecule has 1 aromatic rings. The van der Waals surface area contributed by atoms with E-state index in [1.807, 2.05) is 17.4 Å². The lowest BCUT2D eigenvalue weighted by molar-refractivity contribution is 0.0953. The molecule has 100 valence electrons. The third kappa shape index (κ3) is 4.09. The molecule has 4 nitrogen and oxygen atoms in total. The average Bonchev–Trinajstić information content (AvgIpc) is 2.38. The Morgan fingerprint density at radius 2 is 2.22 bits per heavy atom. The maximum atomic E-state index is 13.6. The van der Waals surface area contributed by atoms with Crippen molar-refractivity contribution in [2.45, 2.75) is 26.3 Å². The van der Waals surface area contributed by atoms with Gasteiger partial charge >= 0.3 is 0 Å². The molecule has 0 bridgehead atoms. The number of amides is 1. The molecule has 3 N–H and O–H groups in total. The third-order valence-corrected chi connectivity index (χ3v) is 2.77. The smallest absolute Gasteiger partial charge is 0.265 e. The predicted molar refractivity (Wildman–Crippen MR) is 69.3 cm³/mol. The summed E-state index contributed by atoms with van der Waals surface area (Å²) in [4.78, 5) is 13.4. The number of nitrogens with zero attached hydrogens (tertiary/aromatic N) is 1. The normalized spacial score (nSPS) is 10.7. The Hall–Kier alpha value is -1.46. The fourth-order valence-corrected chi connectivity index (χ4v) is 1.72. The Morgan fingerprint density at radius 1 is 1.50 bits per heavy atom. The molecule has 0 atom stereocenters. The van der Waals surface area contributed by atoms with Crippen molar-refractivity contribution in [1.82, 2.24) is 10.3 Å². The highest BCUT2D eigenvalue weighted by atomic mass is 19.1. The molecule has 0 fully saturated rings. The van der Waals surface area contributed by atoms with E-state index in [1.54, 1.807) is 6.07 Å². The molecular weight excluding hydrogens is 233 g/mol. The van der Waals surface area contributed by atoms with Crippen molar-refractivity contribution in [1.29, 1.82) is 0 Å². The molecule has 1 aromatic carbocycles. The Bertz CT molecular complexity index is 409. The van der Waals surface area contributed by atoms with Crippen molar-refractivity contribution in [2.75, 3.05) is 13.6 Å². The first-order valence-electron chi connectivity index (χ1n) is 6.06. The van der Waals surface area contributed by atoms with Gasteiger partial charge in [-0.05, 0) is 38.2 Å². The van der Waals surface area contributed by atoms with Gasteiger partial charge < -0.3 is 4.90 Å². The third-order valence-electron chi connectivity index (χ3n) is 2.77. The van der Waals surface area contributed by atoms with Crippen LogP contribution < -0.4 is 11.3 Å². The number of unbranched alkanes of at least 4 members (excludes halogenated alkanes) is 1. The number of benzene rings is 1. The Labute approximate surface area is 107 Å². The van der Waals surface area contributed by atoms with Crippen LogP contribution in [-0.2, 0) is 6.54 Å². The molecule has 0 aliphatic carbocycles. The zero-order valence-corrected chi connectivity index (χ0v) is 10.9. The van der Waals surface area contributed by atoms with Crippen LogP contribution in [0.25, 0.3) is 0 Å². The lowest BCUT2D eigenvalue weighted by Gasteiger charge is -2.17. The van der Waals surface area contributed by atoms with Crippen LogP contribution in [0, 0.1) is 5.82 Å². The van der Waals surface area contributed by atoms with Crippen LogP contribution in [0.15, 0.2) is 18.2 Å². The minimum absolute atomic E-state index is 0.299. The zero-order chi connectivity index (χ0) is 13.5. The summed E-state index contributed by atoms with van der Waals surface area (Å²) in [5.74, 6) is 4.35. The second kappa shape index (κ2) is 7.08. The first-order chi connectivity index (χ1) is 8.58. The lowest BCUT2D eigenvalue weighted by atomic mass is 10.1. The van der Waals surface area contributed by atoms with E-state index in [2.05, 4.69) is 6.92 Å². The SMILES string of the molecule is CCCCN(C)Cc1cc(C(=O)NN)ccc1F. The summed E-state index contributed by atoms with van der Waals surface area (Å²) in [6, 6.07) is 4.26. The first-order valence-corrected chi connectivity index (χ1v) is 6.06. The molecule has 0 unspecified atom stereocenters. The van der Waals surface area contributed by atoms with Gasteiger partial charge in [-0.15, -0.1) is 0 Å². The van der Waals surface area contributed by atoms with Gasteiger partial charge in [-0.3, -0.25) is 10.2 Å². The van der Waals surface area contributed by atoms with E-state index < -0.39 is 5.91 Å². The van der Waals surface area contributed by atoms with Crippen LogP contribution in [0.1, 0.15) is 35.7 Å². The van der Waals surface area contributed by atoms with Crippen LogP contribution in [0.3, 0.4) is 0 Å². The molecule has 0 aromatic heterocycles. The van der Waals surface area contributed by atoms with Gasteiger partial charge in [0.2, 0.25) is 0 Å². The number of hydrogen-bond donors (Lipinski definition) is 2. The van der Waals surface area contributed by atoms with Crippen molar-refractivity contribution in [3.63, 3.8) is 0 Å². The fourth-order valence-electron chi connectivity index (χ4n) is 1.72. The Balaban J connectivity index is 2.77. The van der Waals surface area contributed by atoms with Crippen molar-refractivity contribution < 1.29 is 9.18 Å². The Morgan fingerprint density at radius 3 is 2.83 bits per heavy atom. The average molecular weight is 253 g/mol. The van der Waals surface area contributed by atoms with Crippen molar-refractivity contribution in [3.05, 3.63) is 35.1 Å². The van der Waals surface area contributed by atoms with Crippen molar-refractivity contribution in [3.8, 4) is 0 Å². The zero-order valence-electron chi connectivity index (χ0n) is 10.9. The topological polar surface area (TPSA) is 58.4 Å². The minimum Gasteiger partial charge on any atom is -0.302 e. The summed E-state index contributed by atoms with van der Waals surface area (Å²) < 4.78 is 13.6. The quantitative estimate of drug-likeness (QED) is 0.460. The van der Waals surface area contributed by atoms with Gasteiger partial charge in [0.15, 0.2) is 0 Å². The minimum atomic E-state index is -0.410. The second-order valence-electron chi connectivity index (χ2n) is 4.37. The molecule has 0 aliphatic heterocycles. The van der Waals surface area contributed by atoms with Gasteiger partial charge in [0.25, 0.3) is 5.91 Å². The fraction of sp³-hybridized carbons (Fsp3) is 0.462. The highest BCUT2D eigenvalue weighted by Gasteiger charge is 2.10. The number of nitrogens with two attached hydrogens (primary N) is 1. The molecule has 18 heavy (non-hydrogen) atoms. The monoisotopic (exact) mass is 253 g/mol. The van der Waals surface area contributed by atoms with Gasteiger partial charge in [-0.25, -0.2) is 10.2 Å². The summed E-state index contributed by atoms with van der Waals surface area (Å²) in [5, 5.41) is 0. The van der Waals surface area contributed by atoms with E-state index in [-0.39, 0.29) is 5.82 Å². The number of nitrogen functional groups attached to an aromatic ring is 1. The summed E-state index contributed by atoms with van der Waals surface area (Å²) >= 11 is 0. The van der Waals surface area contributed by atoms with E-state index >= 15 is 0 Å². The van der Waals surface area contributed by atoms with Crippen LogP contribution in [-0.4, -0.2) is 24.4 Å². The molecule has 5 heteroatoms. The molecule has 0 saturated heterocycles. The number of hydrogen-bond acceptors (Lipinski definition) is 3. The number of halogens is 1. The summed E-state index contributed by atoms with van der Waals surface area (Å²) in [7, 11) is 1.94. The van der Waals surface area contributed by atoms with Gasteiger partial charge in [-0.1, -0.05) is 13.3 Å². The van der Waals surface area contributed by atoms with Gasteiger partial charge in [0, 0.05) is 17.7 Å². The van der Waals surface area contributed by atoms with Crippen LogP contribution in [0.2, 0.25) is 0 Å². The summed E-state index contributed by atoms with van der Waals surface area (Å²) in [6.07, 6.45) is 2.17. The number of carbonyl (C=O) groups excluding carboxylic acids is 1. The predicted octanol–water partition coefficient (Wildman–Crippen LogP) is 1.66. The highest BCUT2D eigenvalue weighted by Crippen LogP contribution is 2.13. The summed E-state index contributed by atoms with van der Waals surface area (Å²) in [5.41, 5.74) is 2.92. The van der Waals surface area contributed by atoms with E-state index in [0.29, 0.717) is 17.7 Å². The van der Waals surface area contributed by atoms with E-state index in [1.165, 1.54) is 12.1 Å². The Kier molecular flexibility index (Phi) is 5.74. The first kappa shape index (κ1) is 14.6. The maximum Gasteiger partial charge on any atom is 0.265 e. The molecule has 0 aliphatic rings. The number of hydrazine groups is 1. The highest BCUT2D eigenvalue weighted by molar-refractivity contribution is 5.93. The van der Waals surface area contributed by atoms with E-state index in [0.717, 1.165) is 19.4 Å². The van der Waals surface area contributed by atoms with Gasteiger partial charge in [-0.2, -0.15) is 0 Å². The number of carbonyl (C=O) groups is 1. The summed E-state index contributed by atoms with van der Waals surface area (Å²) in [6.45, 7) is 3.50. The standard InChI is InChI=1S/C13H20FN3O/c1-3-4-7-17(2)9-11-8-10(13(18)16-15)5-6-12(11)14/h5-6,8H,3-4,7,9,15H2,1-2H3,(H,16,18). The molecule has 0 radical (unpaired) electrons. The lowest BCUT2D eigenvalue weighted by Crippen LogP contribution is -2.30. The van der Waals surface area contributed by atoms with Crippen LogP contribution in [0.5, 0.6) is 0 Å². The molecule has 1 amide bonds. The molecule has 0 saturated carbocycles. The van der Waals surface area contributed by atoms with Crippen molar-refractivity contribution >= 4 is 5.91 Å². The maximum absolute atomic E-state index is 13.6. The van der Waals surface area contributed by atoms with Crippen LogP contribution >= 0.6 is 0 Å². The number of rotatable bonds is 6. The second-order valence-corrected chi connectivity index (χ2v) is 4.37. The van der Waals surface area contributed by atoms with Gasteiger partial charge in [0.1, 0.15) is 5.82 Å². The van der Waals surface area contributed by atoms with Gasteiger partial charge in [0.05, 0.1) is 0 Å². The molecule has 0 spiro atoms. The van der Waals surface area contributed by atoms with Crippen molar-refractivity contribution in [2.24, 2.45) is 5.84 Å². The molecule has 1 rings (SSSR count). The molecule has 0 heterocycles. The van der Waals surface area contributed by atoms with E-state index in [9.17, 15) is 9.18 Å². The van der Waals surface area contributed by atoms with Crippen LogP contribution in [0.4, 0.5) is 4.39 Å². The molecular formula is C13H20FN3O.